The van der Waals surface area contributed by atoms with Gasteiger partial charge in [0.05, 0.1) is 0 Å². The van der Waals surface area contributed by atoms with Crippen LogP contribution in [0.2, 0.25) is 0 Å². The monoisotopic (exact) mass is 279 g/mol. The molecule has 1 radical (unpaired) electrons. The van der Waals surface area contributed by atoms with Gasteiger partial charge < -0.3 is 24.8 Å². The molecule has 0 unspecified atom stereocenters. The molecule has 0 aliphatic heterocycles. The molecule has 0 saturated heterocycles. The summed E-state index contributed by atoms with van der Waals surface area (Å²) in [7, 11) is 0. The van der Waals surface area contributed by atoms with Crippen LogP contribution in [0.5, 0.6) is 0 Å². The van der Waals surface area contributed by atoms with E-state index in [0.717, 1.165) is 19.3 Å². The average molecular weight is 281 g/mol. The van der Waals surface area contributed by atoms with Gasteiger partial charge in [-0.05, 0) is 12.8 Å². The van der Waals surface area contributed by atoms with Crippen molar-refractivity contribution in [1.82, 2.24) is 0 Å². The fraction of sp³-hybridized carbons (Fsp3) is 0.333. The van der Waals surface area contributed by atoms with Crippen LogP contribution >= 0.6 is 0 Å². The number of allylic oxidation sites excluding steroid dienone is 5. The molecular formula is C9H11Cl2Zr. The van der Waals surface area contributed by atoms with Gasteiger partial charge in [0.25, 0.3) is 0 Å². The van der Waals surface area contributed by atoms with Crippen LogP contribution in [0, 0.1) is 6.08 Å². The van der Waals surface area contributed by atoms with Crippen molar-refractivity contribution in [2.24, 2.45) is 0 Å². The average Bonchev–Trinajstić information content (AvgIpc) is 2.34. The number of halogens is 2. The largest absolute Gasteiger partial charge is 3.00 e. The summed E-state index contributed by atoms with van der Waals surface area (Å²) < 4.78 is 0. The molecule has 0 N–H and O–H groups in total. The van der Waals surface area contributed by atoms with E-state index in [1.165, 1.54) is 5.57 Å². The Morgan fingerprint density at radius 1 is 1.50 bits per heavy atom. The third kappa shape index (κ3) is 7.34. The minimum absolute atomic E-state index is 0. The smallest absolute Gasteiger partial charge is 1.00 e. The zero-order valence-corrected chi connectivity index (χ0v) is 10.8. The first-order valence-electron chi connectivity index (χ1n) is 3.30. The Kier molecular flexibility index (Phi) is 18.0. The van der Waals surface area contributed by atoms with E-state index in [1.807, 2.05) is 12.2 Å². The van der Waals surface area contributed by atoms with Crippen molar-refractivity contribution in [2.75, 3.05) is 0 Å². The third-order valence-electron chi connectivity index (χ3n) is 1.42. The summed E-state index contributed by atoms with van der Waals surface area (Å²) in [6, 6.07) is 0. The third-order valence-corrected chi connectivity index (χ3v) is 1.42. The van der Waals surface area contributed by atoms with E-state index < -0.39 is 0 Å². The molecule has 3 heteroatoms. The fourth-order valence-electron chi connectivity index (χ4n) is 0.887. The molecule has 1 aliphatic carbocycles. The first-order chi connectivity index (χ1) is 4.43. The van der Waals surface area contributed by atoms with Gasteiger partial charge in [-0.1, -0.05) is 12.5 Å². The van der Waals surface area contributed by atoms with Gasteiger partial charge in [0.15, 0.2) is 0 Å². The van der Waals surface area contributed by atoms with Crippen LogP contribution in [0.25, 0.3) is 0 Å². The van der Waals surface area contributed by atoms with Gasteiger partial charge in [0.2, 0.25) is 0 Å². The van der Waals surface area contributed by atoms with Crippen LogP contribution < -0.4 is 24.8 Å². The van der Waals surface area contributed by atoms with Crippen molar-refractivity contribution in [2.45, 2.75) is 19.3 Å². The maximum absolute atomic E-state index is 3.66. The molecule has 1 aliphatic rings. The molecule has 12 heavy (non-hydrogen) atoms. The van der Waals surface area contributed by atoms with Crippen molar-refractivity contribution in [3.63, 3.8) is 0 Å². The molecule has 0 atom stereocenters. The number of rotatable bonds is 3. The predicted molar refractivity (Wildman–Crippen MR) is 39.9 cm³/mol. The molecule has 0 saturated carbocycles. The topological polar surface area (TPSA) is 0 Å². The van der Waals surface area contributed by atoms with E-state index in [1.54, 1.807) is 0 Å². The summed E-state index contributed by atoms with van der Waals surface area (Å²) in [5.74, 6) is 0. The second-order valence-electron chi connectivity index (χ2n) is 2.18. The Balaban J connectivity index is -0.000000270. The van der Waals surface area contributed by atoms with Crippen molar-refractivity contribution in [3.05, 3.63) is 36.5 Å². The summed E-state index contributed by atoms with van der Waals surface area (Å²) in [5.41, 5.74) is 1.41. The van der Waals surface area contributed by atoms with Crippen molar-refractivity contribution in [3.8, 4) is 0 Å². The Bertz CT molecular complexity index is 162. The van der Waals surface area contributed by atoms with E-state index in [9.17, 15) is 0 Å². The zero-order chi connectivity index (χ0) is 6.53. The normalized spacial score (nSPS) is 11.8. The van der Waals surface area contributed by atoms with Crippen LogP contribution in [0.15, 0.2) is 30.4 Å². The number of hydrogen-bond donors (Lipinski definition) is 0. The maximum Gasteiger partial charge on any atom is 3.00 e. The Hall–Kier alpha value is 0.683. The minimum atomic E-state index is 0. The maximum atomic E-state index is 3.66. The van der Waals surface area contributed by atoms with Gasteiger partial charge in [0.1, 0.15) is 0 Å². The molecule has 0 aromatic carbocycles. The van der Waals surface area contributed by atoms with Crippen LogP contribution in [-0.4, -0.2) is 0 Å². The molecule has 65 valence electrons. The molecule has 1 rings (SSSR count). The predicted octanol–water partition coefficient (Wildman–Crippen LogP) is -3.35. The Morgan fingerprint density at radius 3 is 2.58 bits per heavy atom. The summed E-state index contributed by atoms with van der Waals surface area (Å²) >= 11 is 0. The Labute approximate surface area is 106 Å². The summed E-state index contributed by atoms with van der Waals surface area (Å²) in [5, 5.41) is 0. The van der Waals surface area contributed by atoms with Crippen molar-refractivity contribution < 1.29 is 51.0 Å². The molecular weight excluding hydrogens is 270 g/mol. The van der Waals surface area contributed by atoms with Gasteiger partial charge in [-0.15, -0.1) is 6.58 Å². The molecule has 0 heterocycles. The van der Waals surface area contributed by atoms with E-state index in [0.29, 0.717) is 0 Å². The first-order valence-corrected chi connectivity index (χ1v) is 3.30. The van der Waals surface area contributed by atoms with E-state index in [-0.39, 0.29) is 51.0 Å². The quantitative estimate of drug-likeness (QED) is 0.375. The molecule has 0 aromatic heterocycles. The minimum Gasteiger partial charge on any atom is -1.00 e. The van der Waals surface area contributed by atoms with Crippen molar-refractivity contribution in [1.29, 1.82) is 0 Å². The van der Waals surface area contributed by atoms with E-state index in [2.05, 4.69) is 18.7 Å². The molecule has 0 nitrogen and oxygen atoms in total. The van der Waals surface area contributed by atoms with Gasteiger partial charge in [-0.25, -0.2) is 12.2 Å². The van der Waals surface area contributed by atoms with E-state index in [4.69, 9.17) is 0 Å². The van der Waals surface area contributed by atoms with Crippen molar-refractivity contribution >= 4 is 0 Å². The zero-order valence-electron chi connectivity index (χ0n) is 6.82. The second-order valence-corrected chi connectivity index (χ2v) is 2.18. The summed E-state index contributed by atoms with van der Waals surface area (Å²) in [4.78, 5) is 0. The first kappa shape index (κ1) is 18.5. The SMILES string of the molecule is C=CCCC1=[C-]C=CC1.[Cl-].[Cl-].[Zr+3]. The van der Waals surface area contributed by atoms with Crippen LogP contribution in [0.3, 0.4) is 0 Å². The van der Waals surface area contributed by atoms with Crippen LogP contribution in [-0.2, 0) is 26.2 Å². The van der Waals surface area contributed by atoms with Gasteiger partial charge in [0, 0.05) is 0 Å². The van der Waals surface area contributed by atoms with Gasteiger partial charge in [-0.2, -0.15) is 5.57 Å². The van der Waals surface area contributed by atoms with Gasteiger partial charge >= 0.3 is 26.2 Å². The molecule has 0 bridgehead atoms. The summed E-state index contributed by atoms with van der Waals surface area (Å²) in [6.45, 7) is 3.66. The number of hydrogen-bond acceptors (Lipinski definition) is 0. The second kappa shape index (κ2) is 11.7. The molecule has 0 fully saturated rings. The Morgan fingerprint density at radius 2 is 2.17 bits per heavy atom. The molecule has 0 amide bonds. The molecule has 0 spiro atoms. The van der Waals surface area contributed by atoms with Gasteiger partial charge in [-0.3, -0.25) is 6.08 Å². The van der Waals surface area contributed by atoms with Crippen LogP contribution in [0.4, 0.5) is 0 Å². The summed E-state index contributed by atoms with van der Waals surface area (Å²) in [6.07, 6.45) is 12.6. The standard InChI is InChI=1S/C9H11.2ClH.Zr/c1-2-3-6-9-7-4-5-8-9;;;/h2,4-5H,1,3,6-7H2;2*1H;/q-1;;;+3/p-2. The van der Waals surface area contributed by atoms with E-state index >= 15 is 0 Å². The fourth-order valence-corrected chi connectivity index (χ4v) is 0.887. The molecule has 0 aromatic rings. The van der Waals surface area contributed by atoms with Crippen LogP contribution in [0.1, 0.15) is 19.3 Å².